The van der Waals surface area contributed by atoms with Crippen LogP contribution in [0.3, 0.4) is 0 Å². The van der Waals surface area contributed by atoms with E-state index in [0.29, 0.717) is 0 Å². The molecule has 0 saturated carbocycles. The van der Waals surface area contributed by atoms with Crippen molar-refractivity contribution in [2.45, 2.75) is 32.6 Å². The Balaban J connectivity index is 1.72. The molecule has 0 unspecified atom stereocenters. The molecule has 0 saturated heterocycles. The maximum absolute atomic E-state index is 4.52. The van der Waals surface area contributed by atoms with Gasteiger partial charge in [0.2, 0.25) is 0 Å². The lowest BCUT2D eigenvalue weighted by atomic mass is 10.0. The summed E-state index contributed by atoms with van der Waals surface area (Å²) in [5, 5.41) is 0. The Morgan fingerprint density at radius 1 is 0.750 bits per heavy atom. The van der Waals surface area contributed by atoms with Gasteiger partial charge in [-0.3, -0.25) is 0 Å². The molecule has 0 aliphatic rings. The minimum atomic E-state index is 0.789. The highest BCUT2D eigenvalue weighted by atomic mass is 79.9. The normalized spacial score (nSPS) is 10.8. The lowest BCUT2D eigenvalue weighted by Gasteiger charge is -2.05. The molecule has 122 valence electrons. The van der Waals surface area contributed by atoms with Crippen LogP contribution in [0.5, 0.6) is 0 Å². The van der Waals surface area contributed by atoms with Crippen molar-refractivity contribution in [1.29, 1.82) is 0 Å². The van der Waals surface area contributed by atoms with E-state index in [0.717, 1.165) is 22.3 Å². The number of hydrogen-bond acceptors (Lipinski definition) is 2. The number of benzene rings is 2. The zero-order valence-corrected chi connectivity index (χ0v) is 15.5. The monoisotopic (exact) mass is 380 g/mol. The van der Waals surface area contributed by atoms with Crippen molar-refractivity contribution in [2.24, 2.45) is 0 Å². The molecule has 1 aromatic heterocycles. The van der Waals surface area contributed by atoms with Gasteiger partial charge in [0.1, 0.15) is 0 Å². The average molecular weight is 381 g/mol. The molecule has 0 aliphatic heterocycles. The first kappa shape index (κ1) is 16.8. The first-order valence-corrected chi connectivity index (χ1v) is 9.23. The number of hydrogen-bond donors (Lipinski definition) is 0. The van der Waals surface area contributed by atoms with E-state index in [2.05, 4.69) is 81.4 Å². The van der Waals surface area contributed by atoms with Gasteiger partial charge in [-0.25, -0.2) is 9.97 Å². The predicted octanol–water partition coefficient (Wildman–Crippen LogP) is 6.31. The standard InChI is InChI=1S/C21H21BrN2/c1-2-3-4-5-16-14-23-21(24-15-16)19-8-6-17(7-9-19)18-10-12-20(22)13-11-18/h6-15H,2-5H2,1H3. The van der Waals surface area contributed by atoms with Crippen LogP contribution in [0.15, 0.2) is 65.4 Å². The van der Waals surface area contributed by atoms with Gasteiger partial charge in [0.15, 0.2) is 5.82 Å². The third kappa shape index (κ3) is 4.30. The molecule has 0 spiro atoms. The number of aromatic nitrogens is 2. The van der Waals surface area contributed by atoms with Crippen LogP contribution < -0.4 is 0 Å². The zero-order valence-electron chi connectivity index (χ0n) is 13.9. The van der Waals surface area contributed by atoms with Crippen LogP contribution in [0, 0.1) is 0 Å². The summed E-state index contributed by atoms with van der Waals surface area (Å²) < 4.78 is 1.09. The average Bonchev–Trinajstić information content (AvgIpc) is 2.63. The number of aryl methyl sites for hydroxylation is 1. The van der Waals surface area contributed by atoms with Crippen molar-refractivity contribution in [1.82, 2.24) is 9.97 Å². The lowest BCUT2D eigenvalue weighted by molar-refractivity contribution is 0.714. The van der Waals surface area contributed by atoms with E-state index in [1.807, 2.05) is 12.4 Å². The van der Waals surface area contributed by atoms with Crippen LogP contribution in [0.25, 0.3) is 22.5 Å². The smallest absolute Gasteiger partial charge is 0.159 e. The molecule has 3 heteroatoms. The maximum Gasteiger partial charge on any atom is 0.159 e. The van der Waals surface area contributed by atoms with Gasteiger partial charge in [0, 0.05) is 22.4 Å². The van der Waals surface area contributed by atoms with Crippen molar-refractivity contribution in [3.63, 3.8) is 0 Å². The van der Waals surface area contributed by atoms with Crippen LogP contribution in [-0.2, 0) is 6.42 Å². The second-order valence-corrected chi connectivity index (χ2v) is 6.87. The Kier molecular flexibility index (Phi) is 5.76. The molecular formula is C21H21BrN2. The zero-order chi connectivity index (χ0) is 16.8. The molecule has 0 bridgehead atoms. The number of nitrogens with zero attached hydrogens (tertiary/aromatic N) is 2. The minimum absolute atomic E-state index is 0.789. The molecule has 0 atom stereocenters. The Morgan fingerprint density at radius 2 is 1.29 bits per heavy atom. The van der Waals surface area contributed by atoms with Crippen LogP contribution in [0.1, 0.15) is 31.7 Å². The van der Waals surface area contributed by atoms with E-state index < -0.39 is 0 Å². The second kappa shape index (κ2) is 8.20. The topological polar surface area (TPSA) is 25.8 Å². The molecular weight excluding hydrogens is 360 g/mol. The summed E-state index contributed by atoms with van der Waals surface area (Å²) >= 11 is 3.47. The quantitative estimate of drug-likeness (QED) is 0.468. The van der Waals surface area contributed by atoms with Gasteiger partial charge in [-0.1, -0.05) is 72.1 Å². The summed E-state index contributed by atoms with van der Waals surface area (Å²) in [6.07, 6.45) is 8.70. The lowest BCUT2D eigenvalue weighted by Crippen LogP contribution is -1.93. The predicted molar refractivity (Wildman–Crippen MR) is 104 cm³/mol. The van der Waals surface area contributed by atoms with Gasteiger partial charge in [0.25, 0.3) is 0 Å². The van der Waals surface area contributed by atoms with Gasteiger partial charge in [-0.2, -0.15) is 0 Å². The van der Waals surface area contributed by atoms with Crippen molar-refractivity contribution in [3.8, 4) is 22.5 Å². The van der Waals surface area contributed by atoms with Crippen molar-refractivity contribution < 1.29 is 0 Å². The van der Waals surface area contributed by atoms with Crippen LogP contribution in [0.2, 0.25) is 0 Å². The SMILES string of the molecule is CCCCCc1cnc(-c2ccc(-c3ccc(Br)cc3)cc2)nc1. The summed E-state index contributed by atoms with van der Waals surface area (Å²) in [6, 6.07) is 16.8. The van der Waals surface area contributed by atoms with E-state index in [9.17, 15) is 0 Å². The molecule has 3 rings (SSSR count). The van der Waals surface area contributed by atoms with Crippen LogP contribution in [0.4, 0.5) is 0 Å². The summed E-state index contributed by atoms with van der Waals surface area (Å²) in [6.45, 7) is 2.22. The molecule has 0 fully saturated rings. The molecule has 0 radical (unpaired) electrons. The van der Waals surface area contributed by atoms with Crippen LogP contribution >= 0.6 is 15.9 Å². The van der Waals surface area contributed by atoms with E-state index in [1.165, 1.54) is 36.0 Å². The minimum Gasteiger partial charge on any atom is -0.236 e. The van der Waals surface area contributed by atoms with Gasteiger partial charge >= 0.3 is 0 Å². The highest BCUT2D eigenvalue weighted by Crippen LogP contribution is 2.24. The summed E-state index contributed by atoms with van der Waals surface area (Å²) in [5.74, 6) is 0.789. The molecule has 2 nitrogen and oxygen atoms in total. The fraction of sp³-hybridized carbons (Fsp3) is 0.238. The summed E-state index contributed by atoms with van der Waals surface area (Å²) in [5.41, 5.74) is 4.68. The molecule has 0 aliphatic carbocycles. The third-order valence-corrected chi connectivity index (χ3v) is 4.62. The maximum atomic E-state index is 4.52. The van der Waals surface area contributed by atoms with Crippen molar-refractivity contribution in [3.05, 3.63) is 71.0 Å². The largest absolute Gasteiger partial charge is 0.236 e. The van der Waals surface area contributed by atoms with E-state index >= 15 is 0 Å². The van der Waals surface area contributed by atoms with Crippen molar-refractivity contribution in [2.75, 3.05) is 0 Å². The molecule has 2 aromatic carbocycles. The van der Waals surface area contributed by atoms with E-state index in [-0.39, 0.29) is 0 Å². The Hall–Kier alpha value is -2.00. The Morgan fingerprint density at radius 3 is 1.88 bits per heavy atom. The molecule has 3 aromatic rings. The van der Waals surface area contributed by atoms with E-state index in [1.54, 1.807) is 0 Å². The number of halogens is 1. The fourth-order valence-electron chi connectivity index (χ4n) is 2.67. The molecule has 0 N–H and O–H groups in total. The third-order valence-electron chi connectivity index (χ3n) is 4.09. The molecule has 24 heavy (non-hydrogen) atoms. The fourth-order valence-corrected chi connectivity index (χ4v) is 2.93. The van der Waals surface area contributed by atoms with Gasteiger partial charge < -0.3 is 0 Å². The van der Waals surface area contributed by atoms with Gasteiger partial charge in [0.05, 0.1) is 0 Å². The highest BCUT2D eigenvalue weighted by molar-refractivity contribution is 9.10. The van der Waals surface area contributed by atoms with Crippen molar-refractivity contribution >= 4 is 15.9 Å². The summed E-state index contributed by atoms with van der Waals surface area (Å²) in [7, 11) is 0. The molecule has 1 heterocycles. The Bertz CT molecular complexity index is 762. The number of unbranched alkanes of at least 4 members (excludes halogenated alkanes) is 2. The Labute approximate surface area is 152 Å². The van der Waals surface area contributed by atoms with E-state index in [4.69, 9.17) is 0 Å². The second-order valence-electron chi connectivity index (χ2n) is 5.96. The highest BCUT2D eigenvalue weighted by Gasteiger charge is 2.03. The first-order valence-electron chi connectivity index (χ1n) is 8.43. The summed E-state index contributed by atoms with van der Waals surface area (Å²) in [4.78, 5) is 9.05. The van der Waals surface area contributed by atoms with Gasteiger partial charge in [-0.15, -0.1) is 0 Å². The first-order chi connectivity index (χ1) is 11.8. The van der Waals surface area contributed by atoms with Gasteiger partial charge in [-0.05, 0) is 41.7 Å². The molecule has 0 amide bonds. The number of rotatable bonds is 6. The van der Waals surface area contributed by atoms with Crippen LogP contribution in [-0.4, -0.2) is 9.97 Å².